The number of hydrogen-bond acceptors (Lipinski definition) is 2. The van der Waals surface area contributed by atoms with Crippen molar-refractivity contribution in [3.05, 3.63) is 0 Å². The van der Waals surface area contributed by atoms with Crippen molar-refractivity contribution in [1.29, 1.82) is 0 Å². The van der Waals surface area contributed by atoms with Gasteiger partial charge in [-0.15, -0.1) is 0 Å². The molecule has 1 aliphatic rings. The van der Waals surface area contributed by atoms with E-state index >= 15 is 0 Å². The lowest BCUT2D eigenvalue weighted by Crippen LogP contribution is -2.40. The Bertz CT molecular complexity index is 214. The third kappa shape index (κ3) is 1.72. The van der Waals surface area contributed by atoms with Crippen molar-refractivity contribution < 1.29 is 4.79 Å². The van der Waals surface area contributed by atoms with Crippen molar-refractivity contribution in [1.82, 2.24) is 4.90 Å². The SMILES string of the molecule is CC#CC(=O)N1CCC[C@H]1N. The molecule has 1 aliphatic heterocycles. The lowest BCUT2D eigenvalue weighted by atomic mass is 10.3. The summed E-state index contributed by atoms with van der Waals surface area (Å²) in [4.78, 5) is 12.7. The Balaban J connectivity index is 2.57. The second kappa shape index (κ2) is 3.40. The zero-order valence-corrected chi connectivity index (χ0v) is 6.63. The smallest absolute Gasteiger partial charge is 0.299 e. The van der Waals surface area contributed by atoms with Gasteiger partial charge in [-0.25, -0.2) is 0 Å². The quantitative estimate of drug-likeness (QED) is 0.493. The fourth-order valence-electron chi connectivity index (χ4n) is 1.22. The number of likely N-dealkylation sites (tertiary alicyclic amines) is 1. The van der Waals surface area contributed by atoms with Gasteiger partial charge in [0, 0.05) is 6.54 Å². The summed E-state index contributed by atoms with van der Waals surface area (Å²) in [5.74, 6) is 4.90. The third-order valence-corrected chi connectivity index (χ3v) is 1.79. The monoisotopic (exact) mass is 152 g/mol. The standard InChI is InChI=1S/C8H12N2O/c1-2-4-8(11)10-6-3-5-7(10)9/h7H,3,5-6,9H2,1H3/t7-/m0/s1. The Morgan fingerprint density at radius 2 is 2.45 bits per heavy atom. The van der Waals surface area contributed by atoms with Gasteiger partial charge in [-0.1, -0.05) is 5.92 Å². The molecular formula is C8H12N2O. The molecule has 0 saturated carbocycles. The predicted molar refractivity (Wildman–Crippen MR) is 42.4 cm³/mol. The zero-order chi connectivity index (χ0) is 8.27. The van der Waals surface area contributed by atoms with E-state index in [1.807, 2.05) is 0 Å². The lowest BCUT2D eigenvalue weighted by Gasteiger charge is -2.17. The van der Waals surface area contributed by atoms with Gasteiger partial charge < -0.3 is 10.6 Å². The van der Waals surface area contributed by atoms with Crippen molar-refractivity contribution in [2.75, 3.05) is 6.54 Å². The van der Waals surface area contributed by atoms with Gasteiger partial charge in [0.25, 0.3) is 5.91 Å². The molecule has 0 aromatic heterocycles. The molecule has 2 N–H and O–H groups in total. The van der Waals surface area contributed by atoms with Gasteiger partial charge >= 0.3 is 0 Å². The van der Waals surface area contributed by atoms with Crippen molar-refractivity contribution >= 4 is 5.91 Å². The second-order valence-electron chi connectivity index (χ2n) is 2.58. The summed E-state index contributed by atoms with van der Waals surface area (Å²) in [6, 6.07) is 0. The van der Waals surface area contributed by atoms with Crippen LogP contribution in [-0.4, -0.2) is 23.5 Å². The van der Waals surface area contributed by atoms with Crippen LogP contribution in [0.4, 0.5) is 0 Å². The number of hydrogen-bond donors (Lipinski definition) is 1. The molecule has 11 heavy (non-hydrogen) atoms. The van der Waals surface area contributed by atoms with E-state index in [9.17, 15) is 4.79 Å². The number of carbonyl (C=O) groups excluding carboxylic acids is 1. The van der Waals surface area contributed by atoms with E-state index in [0.29, 0.717) is 0 Å². The summed E-state index contributed by atoms with van der Waals surface area (Å²) < 4.78 is 0. The first-order chi connectivity index (χ1) is 5.25. The zero-order valence-electron chi connectivity index (χ0n) is 6.63. The van der Waals surface area contributed by atoms with E-state index < -0.39 is 0 Å². The van der Waals surface area contributed by atoms with Gasteiger partial charge in [0.05, 0.1) is 6.17 Å². The highest BCUT2D eigenvalue weighted by atomic mass is 16.2. The molecule has 1 amide bonds. The van der Waals surface area contributed by atoms with Gasteiger partial charge in [-0.2, -0.15) is 0 Å². The molecule has 0 aromatic rings. The lowest BCUT2D eigenvalue weighted by molar-refractivity contribution is -0.125. The molecule has 1 atom stereocenters. The minimum absolute atomic E-state index is 0.108. The van der Waals surface area contributed by atoms with E-state index in [2.05, 4.69) is 11.8 Å². The summed E-state index contributed by atoms with van der Waals surface area (Å²) in [5.41, 5.74) is 5.65. The van der Waals surface area contributed by atoms with E-state index in [-0.39, 0.29) is 12.1 Å². The Kier molecular flexibility index (Phi) is 2.50. The minimum atomic E-state index is -0.141. The molecule has 60 valence electrons. The molecule has 0 aromatic carbocycles. The fourth-order valence-corrected chi connectivity index (χ4v) is 1.22. The number of nitrogens with two attached hydrogens (primary N) is 1. The van der Waals surface area contributed by atoms with Crippen LogP contribution in [-0.2, 0) is 4.79 Å². The molecule has 1 saturated heterocycles. The highest BCUT2D eigenvalue weighted by Gasteiger charge is 2.23. The van der Waals surface area contributed by atoms with Crippen molar-refractivity contribution in [3.8, 4) is 11.8 Å². The van der Waals surface area contributed by atoms with Crippen molar-refractivity contribution in [2.24, 2.45) is 5.73 Å². The summed E-state index contributed by atoms with van der Waals surface area (Å²) in [6.45, 7) is 2.41. The first-order valence-electron chi connectivity index (χ1n) is 3.74. The van der Waals surface area contributed by atoms with Crippen LogP contribution in [0.5, 0.6) is 0 Å². The van der Waals surface area contributed by atoms with Crippen LogP contribution >= 0.6 is 0 Å². The highest BCUT2D eigenvalue weighted by Crippen LogP contribution is 2.11. The van der Waals surface area contributed by atoms with E-state index in [1.165, 1.54) is 0 Å². The minimum Gasteiger partial charge on any atom is -0.317 e. The summed E-state index contributed by atoms with van der Waals surface area (Å²) >= 11 is 0. The molecule has 1 heterocycles. The first kappa shape index (κ1) is 8.09. The fraction of sp³-hybridized carbons (Fsp3) is 0.625. The third-order valence-electron chi connectivity index (χ3n) is 1.79. The molecule has 0 unspecified atom stereocenters. The molecule has 0 radical (unpaired) electrons. The van der Waals surface area contributed by atoms with Crippen LogP contribution in [0.1, 0.15) is 19.8 Å². The molecular weight excluding hydrogens is 140 g/mol. The molecule has 3 heteroatoms. The normalized spacial score (nSPS) is 22.7. The molecule has 1 rings (SSSR count). The average Bonchev–Trinajstić information content (AvgIpc) is 2.36. The van der Waals surface area contributed by atoms with Crippen LogP contribution in [0.2, 0.25) is 0 Å². The van der Waals surface area contributed by atoms with Gasteiger partial charge in [-0.3, -0.25) is 4.79 Å². The molecule has 0 spiro atoms. The Hall–Kier alpha value is -1.01. The molecule has 0 aliphatic carbocycles. The number of nitrogens with zero attached hydrogens (tertiary/aromatic N) is 1. The van der Waals surface area contributed by atoms with Gasteiger partial charge in [-0.05, 0) is 25.7 Å². The number of rotatable bonds is 0. The average molecular weight is 152 g/mol. The number of carbonyl (C=O) groups is 1. The van der Waals surface area contributed by atoms with Crippen LogP contribution < -0.4 is 5.73 Å². The maximum Gasteiger partial charge on any atom is 0.299 e. The van der Waals surface area contributed by atoms with Gasteiger partial charge in [0.2, 0.25) is 0 Å². The summed E-state index contributed by atoms with van der Waals surface area (Å²) in [5, 5.41) is 0. The highest BCUT2D eigenvalue weighted by molar-refractivity contribution is 5.93. The number of amides is 1. The first-order valence-corrected chi connectivity index (χ1v) is 3.74. The second-order valence-corrected chi connectivity index (χ2v) is 2.58. The van der Waals surface area contributed by atoms with Crippen molar-refractivity contribution in [3.63, 3.8) is 0 Å². The molecule has 3 nitrogen and oxygen atoms in total. The maximum absolute atomic E-state index is 11.1. The van der Waals surface area contributed by atoms with Gasteiger partial charge in [0.15, 0.2) is 0 Å². The Morgan fingerprint density at radius 1 is 1.73 bits per heavy atom. The van der Waals surface area contributed by atoms with Crippen LogP contribution in [0.3, 0.4) is 0 Å². The largest absolute Gasteiger partial charge is 0.317 e. The summed E-state index contributed by atoms with van der Waals surface area (Å²) in [6.07, 6.45) is 1.79. The molecule has 1 fully saturated rings. The van der Waals surface area contributed by atoms with E-state index in [4.69, 9.17) is 5.73 Å². The van der Waals surface area contributed by atoms with Crippen molar-refractivity contribution in [2.45, 2.75) is 25.9 Å². The predicted octanol–water partition coefficient (Wildman–Crippen LogP) is -0.0831. The van der Waals surface area contributed by atoms with Gasteiger partial charge in [0.1, 0.15) is 0 Å². The summed E-state index contributed by atoms with van der Waals surface area (Å²) in [7, 11) is 0. The van der Waals surface area contributed by atoms with E-state index in [0.717, 1.165) is 19.4 Å². The Morgan fingerprint density at radius 3 is 2.91 bits per heavy atom. The maximum atomic E-state index is 11.1. The Labute approximate surface area is 66.5 Å². The molecule has 0 bridgehead atoms. The van der Waals surface area contributed by atoms with E-state index in [1.54, 1.807) is 11.8 Å². The topological polar surface area (TPSA) is 46.3 Å². The van der Waals surface area contributed by atoms with Crippen LogP contribution in [0, 0.1) is 11.8 Å². The van der Waals surface area contributed by atoms with Crippen LogP contribution in [0.25, 0.3) is 0 Å². The van der Waals surface area contributed by atoms with Crippen LogP contribution in [0.15, 0.2) is 0 Å².